The minimum atomic E-state index is -3.13. The highest BCUT2D eigenvalue weighted by molar-refractivity contribution is 7.89. The van der Waals surface area contributed by atoms with E-state index in [9.17, 15) is 13.2 Å². The van der Waals surface area contributed by atoms with Crippen molar-refractivity contribution >= 4 is 15.9 Å². The summed E-state index contributed by atoms with van der Waals surface area (Å²) in [5.74, 6) is 0.483. The molecule has 0 unspecified atom stereocenters. The van der Waals surface area contributed by atoms with E-state index in [0.29, 0.717) is 31.8 Å². The van der Waals surface area contributed by atoms with E-state index in [2.05, 4.69) is 20.5 Å². The molecule has 1 aliphatic rings. The molecule has 0 radical (unpaired) electrons. The standard InChI is InChI=1S/C11H19N5O3S/c1-3-20(18,19)16-6-4-9(5-7-16)13-11(17)10-12-8(2)14-15-10/h9H,3-7H2,1-2H3,(H,13,17)(H,12,14,15). The molecule has 0 aromatic carbocycles. The van der Waals surface area contributed by atoms with Gasteiger partial charge in [0.2, 0.25) is 15.8 Å². The molecule has 8 nitrogen and oxygen atoms in total. The number of hydrogen-bond donors (Lipinski definition) is 2. The molecule has 0 atom stereocenters. The minimum Gasteiger partial charge on any atom is -0.346 e. The largest absolute Gasteiger partial charge is 0.346 e. The molecule has 0 bridgehead atoms. The molecule has 1 aromatic rings. The van der Waals surface area contributed by atoms with Crippen molar-refractivity contribution in [1.29, 1.82) is 0 Å². The summed E-state index contributed by atoms with van der Waals surface area (Å²) in [5.41, 5.74) is 0. The highest BCUT2D eigenvalue weighted by atomic mass is 32.2. The van der Waals surface area contributed by atoms with Crippen molar-refractivity contribution < 1.29 is 13.2 Å². The van der Waals surface area contributed by atoms with E-state index in [4.69, 9.17) is 0 Å². The van der Waals surface area contributed by atoms with Crippen LogP contribution >= 0.6 is 0 Å². The van der Waals surface area contributed by atoms with Gasteiger partial charge in [-0.1, -0.05) is 0 Å². The molecule has 2 N–H and O–H groups in total. The van der Waals surface area contributed by atoms with Crippen LogP contribution in [-0.4, -0.2) is 58.7 Å². The number of carbonyl (C=O) groups is 1. The lowest BCUT2D eigenvalue weighted by molar-refractivity contribution is 0.0913. The predicted octanol–water partition coefficient (Wildman–Crippen LogP) is -0.343. The number of carbonyl (C=O) groups excluding carboxylic acids is 1. The minimum absolute atomic E-state index is 0.0374. The number of aryl methyl sites for hydroxylation is 1. The smallest absolute Gasteiger partial charge is 0.291 e. The number of H-pyrrole nitrogens is 1. The Morgan fingerprint density at radius 3 is 2.60 bits per heavy atom. The molecule has 1 saturated heterocycles. The molecular formula is C11H19N5O3S. The Morgan fingerprint density at radius 2 is 2.10 bits per heavy atom. The second-order valence-corrected chi connectivity index (χ2v) is 7.05. The summed E-state index contributed by atoms with van der Waals surface area (Å²) < 4.78 is 24.9. The van der Waals surface area contributed by atoms with Gasteiger partial charge in [0, 0.05) is 19.1 Å². The summed E-state index contributed by atoms with van der Waals surface area (Å²) >= 11 is 0. The van der Waals surface area contributed by atoms with Gasteiger partial charge in [0.15, 0.2) is 0 Å². The molecule has 0 aliphatic carbocycles. The van der Waals surface area contributed by atoms with E-state index in [0.717, 1.165) is 0 Å². The van der Waals surface area contributed by atoms with Gasteiger partial charge in [-0.15, -0.1) is 5.10 Å². The first-order chi connectivity index (χ1) is 9.42. The maximum absolute atomic E-state index is 11.9. The zero-order valence-corrected chi connectivity index (χ0v) is 12.4. The van der Waals surface area contributed by atoms with Crippen LogP contribution in [0.1, 0.15) is 36.2 Å². The summed E-state index contributed by atoms with van der Waals surface area (Å²) in [5, 5.41) is 9.24. The van der Waals surface area contributed by atoms with Crippen LogP contribution in [0.25, 0.3) is 0 Å². The number of nitrogens with one attached hydrogen (secondary N) is 2. The second kappa shape index (κ2) is 5.88. The Hall–Kier alpha value is -1.48. The summed E-state index contributed by atoms with van der Waals surface area (Å²) in [6.07, 6.45) is 1.21. The fourth-order valence-electron chi connectivity index (χ4n) is 2.16. The van der Waals surface area contributed by atoms with Crippen LogP contribution < -0.4 is 5.32 Å². The Kier molecular flexibility index (Phi) is 4.39. The first-order valence-electron chi connectivity index (χ1n) is 6.60. The lowest BCUT2D eigenvalue weighted by Gasteiger charge is -2.31. The van der Waals surface area contributed by atoms with Crippen LogP contribution in [0.15, 0.2) is 0 Å². The third kappa shape index (κ3) is 3.34. The van der Waals surface area contributed by atoms with Crippen LogP contribution in [-0.2, 0) is 10.0 Å². The maximum atomic E-state index is 11.9. The molecule has 2 heterocycles. The fraction of sp³-hybridized carbons (Fsp3) is 0.727. The average molecular weight is 301 g/mol. The van der Waals surface area contributed by atoms with Gasteiger partial charge in [-0.25, -0.2) is 17.7 Å². The van der Waals surface area contributed by atoms with Crippen LogP contribution in [0, 0.1) is 6.92 Å². The number of piperidine rings is 1. The van der Waals surface area contributed by atoms with Crippen molar-refractivity contribution in [3.8, 4) is 0 Å². The number of nitrogens with zero attached hydrogens (tertiary/aromatic N) is 3. The van der Waals surface area contributed by atoms with Crippen molar-refractivity contribution in [2.24, 2.45) is 0 Å². The lowest BCUT2D eigenvalue weighted by Crippen LogP contribution is -2.47. The van der Waals surface area contributed by atoms with E-state index in [1.165, 1.54) is 4.31 Å². The Morgan fingerprint density at radius 1 is 1.45 bits per heavy atom. The van der Waals surface area contributed by atoms with Gasteiger partial charge < -0.3 is 5.32 Å². The number of sulfonamides is 1. The van der Waals surface area contributed by atoms with E-state index in [1.807, 2.05) is 0 Å². The van der Waals surface area contributed by atoms with Crippen molar-refractivity contribution in [3.05, 3.63) is 11.6 Å². The highest BCUT2D eigenvalue weighted by Gasteiger charge is 2.28. The highest BCUT2D eigenvalue weighted by Crippen LogP contribution is 2.14. The van der Waals surface area contributed by atoms with Crippen molar-refractivity contribution in [1.82, 2.24) is 24.8 Å². The van der Waals surface area contributed by atoms with Gasteiger partial charge in [0.1, 0.15) is 5.82 Å². The van der Waals surface area contributed by atoms with E-state index < -0.39 is 10.0 Å². The second-order valence-electron chi connectivity index (χ2n) is 4.79. The number of amides is 1. The summed E-state index contributed by atoms with van der Waals surface area (Å²) in [6, 6.07) is -0.0374. The first kappa shape index (κ1) is 14.9. The third-order valence-corrected chi connectivity index (χ3v) is 5.23. The summed E-state index contributed by atoms with van der Waals surface area (Å²) in [6.45, 7) is 4.23. The number of aromatic amines is 1. The molecule has 20 heavy (non-hydrogen) atoms. The van der Waals surface area contributed by atoms with Crippen LogP contribution in [0.4, 0.5) is 0 Å². The van der Waals surface area contributed by atoms with E-state index >= 15 is 0 Å². The van der Waals surface area contributed by atoms with Gasteiger partial charge in [0.25, 0.3) is 5.91 Å². The van der Waals surface area contributed by atoms with Gasteiger partial charge in [0.05, 0.1) is 5.75 Å². The zero-order valence-electron chi connectivity index (χ0n) is 11.6. The van der Waals surface area contributed by atoms with Crippen molar-refractivity contribution in [2.75, 3.05) is 18.8 Å². The SMILES string of the molecule is CCS(=O)(=O)N1CCC(NC(=O)c2n[nH]c(C)n2)CC1. The molecule has 0 saturated carbocycles. The zero-order chi connectivity index (χ0) is 14.8. The molecule has 1 aliphatic heterocycles. The average Bonchev–Trinajstić information content (AvgIpc) is 2.86. The van der Waals surface area contributed by atoms with Crippen LogP contribution in [0.5, 0.6) is 0 Å². The number of hydrogen-bond acceptors (Lipinski definition) is 5. The molecule has 1 fully saturated rings. The van der Waals surface area contributed by atoms with Crippen molar-refractivity contribution in [2.45, 2.75) is 32.7 Å². The molecule has 9 heteroatoms. The Bertz CT molecular complexity index is 575. The molecule has 112 valence electrons. The molecule has 2 rings (SSSR count). The predicted molar refractivity (Wildman–Crippen MR) is 72.6 cm³/mol. The van der Waals surface area contributed by atoms with Gasteiger partial charge in [-0.05, 0) is 26.7 Å². The lowest BCUT2D eigenvalue weighted by atomic mass is 10.1. The summed E-state index contributed by atoms with van der Waals surface area (Å²) in [7, 11) is -3.13. The summed E-state index contributed by atoms with van der Waals surface area (Å²) in [4.78, 5) is 15.8. The topological polar surface area (TPSA) is 108 Å². The normalized spacial score (nSPS) is 18.1. The van der Waals surface area contributed by atoms with Gasteiger partial charge in [-0.3, -0.25) is 9.89 Å². The van der Waals surface area contributed by atoms with E-state index in [-0.39, 0.29) is 23.5 Å². The van der Waals surface area contributed by atoms with Gasteiger partial charge >= 0.3 is 0 Å². The Balaban J connectivity index is 1.87. The molecule has 0 spiro atoms. The van der Waals surface area contributed by atoms with Gasteiger partial charge in [-0.2, -0.15) is 0 Å². The number of rotatable bonds is 4. The molecular weight excluding hydrogens is 282 g/mol. The maximum Gasteiger partial charge on any atom is 0.291 e. The molecule has 1 amide bonds. The number of aromatic nitrogens is 3. The molecule has 1 aromatic heterocycles. The van der Waals surface area contributed by atoms with Crippen molar-refractivity contribution in [3.63, 3.8) is 0 Å². The monoisotopic (exact) mass is 301 g/mol. The fourth-order valence-corrected chi connectivity index (χ4v) is 3.29. The quantitative estimate of drug-likeness (QED) is 0.790. The van der Waals surface area contributed by atoms with Crippen LogP contribution in [0.2, 0.25) is 0 Å². The van der Waals surface area contributed by atoms with E-state index in [1.54, 1.807) is 13.8 Å². The first-order valence-corrected chi connectivity index (χ1v) is 8.21. The Labute approximate surface area is 118 Å². The van der Waals surface area contributed by atoms with Crippen LogP contribution in [0.3, 0.4) is 0 Å². The third-order valence-electron chi connectivity index (χ3n) is 3.35.